The second kappa shape index (κ2) is 7.96. The zero-order valence-electron chi connectivity index (χ0n) is 28.1. The maximum atomic E-state index is 7.47. The van der Waals surface area contributed by atoms with E-state index in [9.17, 15) is 0 Å². The van der Waals surface area contributed by atoms with Crippen molar-refractivity contribution in [2.45, 2.75) is 94.3 Å². The quantitative estimate of drug-likeness (QED) is 0.155. The number of benzene rings is 5. The Balaban J connectivity index is 1.18. The summed E-state index contributed by atoms with van der Waals surface area (Å²) < 4.78 is 17.3. The van der Waals surface area contributed by atoms with Crippen LogP contribution in [0.2, 0.25) is 0 Å². The van der Waals surface area contributed by atoms with E-state index in [1.54, 1.807) is 33.4 Å². The van der Waals surface area contributed by atoms with Crippen molar-refractivity contribution >= 4 is 61.2 Å². The normalized spacial score (nSPS) is 25.6. The molecule has 9 aliphatic rings. The summed E-state index contributed by atoms with van der Waals surface area (Å²) in [5.74, 6) is 6.95. The molecule has 49 heavy (non-hydrogen) atoms. The van der Waals surface area contributed by atoms with Crippen LogP contribution in [0.15, 0.2) is 60.7 Å². The molecular weight excluding hydrogens is 597 g/mol. The molecule has 6 aliphatic carbocycles. The number of rotatable bonds is 0. The van der Waals surface area contributed by atoms with Crippen LogP contribution in [0, 0.1) is 0 Å². The van der Waals surface area contributed by atoms with Crippen LogP contribution in [-0.2, 0) is 5.41 Å². The van der Waals surface area contributed by atoms with E-state index >= 15 is 0 Å². The standard InChI is InChI=1S/C45H36BNO2/c1-45(2)38-35-23-14-10-21(11-15-23)28(35)18-32-40(38)46-41-33(19-29-22-12-16-24(17-13-22)36(29)39(41)45)49-44-37-27-8-5-7-26-25-6-3-4-9-30(25)47(43(26)27)31(37)20-34(48-32)42(44)46/h3-9,18-24H,10-17H2,1-2H3. The molecule has 16 rings (SSSR count). The predicted octanol–water partition coefficient (Wildman–Crippen LogP) is 9.71. The fourth-order valence-electron chi connectivity index (χ4n) is 13.2. The molecule has 2 saturated carbocycles. The van der Waals surface area contributed by atoms with Gasteiger partial charge in [0.2, 0.25) is 0 Å². The smallest absolute Gasteiger partial charge is 0.261 e. The Labute approximate surface area is 285 Å². The minimum absolute atomic E-state index is 0.0996. The van der Waals surface area contributed by atoms with E-state index in [1.165, 1.54) is 106 Å². The summed E-state index contributed by atoms with van der Waals surface area (Å²) >= 11 is 0. The van der Waals surface area contributed by atoms with E-state index < -0.39 is 0 Å². The third-order valence-electron chi connectivity index (χ3n) is 15.0. The minimum atomic E-state index is -0.0996. The number of para-hydroxylation sites is 2. The molecule has 4 heteroatoms. The zero-order chi connectivity index (χ0) is 31.7. The highest BCUT2D eigenvalue weighted by Crippen LogP contribution is 2.60. The Morgan fingerprint density at radius 1 is 0.592 bits per heavy atom. The Bertz CT molecular complexity index is 2700. The molecule has 5 aromatic carbocycles. The van der Waals surface area contributed by atoms with Crippen molar-refractivity contribution in [3.8, 4) is 23.0 Å². The number of fused-ring (bicyclic) bond motifs is 11. The second-order valence-electron chi connectivity index (χ2n) is 17.3. The molecule has 2 aromatic heterocycles. The summed E-state index contributed by atoms with van der Waals surface area (Å²) in [5.41, 5.74) is 17.7. The van der Waals surface area contributed by atoms with E-state index in [0.717, 1.165) is 23.0 Å². The van der Waals surface area contributed by atoms with Gasteiger partial charge in [-0.15, -0.1) is 0 Å². The van der Waals surface area contributed by atoms with Crippen molar-refractivity contribution < 1.29 is 9.47 Å². The Morgan fingerprint density at radius 2 is 1.16 bits per heavy atom. The molecule has 3 aliphatic heterocycles. The van der Waals surface area contributed by atoms with Gasteiger partial charge in [0.25, 0.3) is 6.71 Å². The van der Waals surface area contributed by atoms with E-state index in [4.69, 9.17) is 9.47 Å². The Hall–Kier alpha value is -4.44. The van der Waals surface area contributed by atoms with Gasteiger partial charge >= 0.3 is 0 Å². The second-order valence-corrected chi connectivity index (χ2v) is 17.3. The maximum Gasteiger partial charge on any atom is 0.261 e. The summed E-state index contributed by atoms with van der Waals surface area (Å²) in [6, 6.07) is 23.2. The first-order valence-corrected chi connectivity index (χ1v) is 19.1. The molecule has 0 radical (unpaired) electrons. The van der Waals surface area contributed by atoms with Crippen molar-refractivity contribution in [3.05, 3.63) is 94.0 Å². The van der Waals surface area contributed by atoms with Gasteiger partial charge in [0, 0.05) is 33.1 Å². The summed E-state index contributed by atoms with van der Waals surface area (Å²) in [6.45, 7) is 5.30. The largest absolute Gasteiger partial charge is 0.458 e. The minimum Gasteiger partial charge on any atom is -0.458 e. The third kappa shape index (κ3) is 2.65. The molecule has 4 bridgehead atoms. The van der Waals surface area contributed by atoms with Crippen LogP contribution in [0.5, 0.6) is 23.0 Å². The molecule has 0 N–H and O–H groups in total. The van der Waals surface area contributed by atoms with Crippen LogP contribution in [0.25, 0.3) is 38.1 Å². The summed E-state index contributed by atoms with van der Waals surface area (Å²) in [7, 11) is 0. The fourth-order valence-corrected chi connectivity index (χ4v) is 13.2. The summed E-state index contributed by atoms with van der Waals surface area (Å²) in [5, 5.41) is 5.15. The summed E-state index contributed by atoms with van der Waals surface area (Å²) in [4.78, 5) is 0. The van der Waals surface area contributed by atoms with Gasteiger partial charge in [0.05, 0.1) is 21.9 Å². The highest BCUT2D eigenvalue weighted by Gasteiger charge is 2.55. The highest BCUT2D eigenvalue weighted by atomic mass is 16.5. The zero-order valence-corrected chi connectivity index (χ0v) is 28.1. The van der Waals surface area contributed by atoms with Crippen LogP contribution in [0.4, 0.5) is 0 Å². The molecule has 7 aromatic rings. The van der Waals surface area contributed by atoms with Gasteiger partial charge < -0.3 is 13.9 Å². The molecule has 2 fully saturated rings. The lowest BCUT2D eigenvalue weighted by Crippen LogP contribution is -2.65. The van der Waals surface area contributed by atoms with Crippen molar-refractivity contribution in [2.75, 3.05) is 0 Å². The highest BCUT2D eigenvalue weighted by molar-refractivity contribution is 6.99. The van der Waals surface area contributed by atoms with Crippen LogP contribution < -0.4 is 25.9 Å². The average molecular weight is 634 g/mol. The first-order chi connectivity index (χ1) is 24.1. The summed E-state index contributed by atoms with van der Waals surface area (Å²) in [6.07, 6.45) is 10.7. The van der Waals surface area contributed by atoms with Crippen molar-refractivity contribution in [1.82, 2.24) is 4.40 Å². The first-order valence-electron chi connectivity index (χ1n) is 19.1. The molecule has 0 spiro atoms. The lowest BCUT2D eigenvalue weighted by atomic mass is 9.28. The van der Waals surface area contributed by atoms with Crippen LogP contribution >= 0.6 is 0 Å². The van der Waals surface area contributed by atoms with E-state index in [-0.39, 0.29) is 12.1 Å². The molecule has 0 saturated heterocycles. The van der Waals surface area contributed by atoms with E-state index in [1.807, 2.05) is 0 Å². The molecule has 0 unspecified atom stereocenters. The number of aromatic nitrogens is 1. The molecule has 0 amide bonds. The number of hydrogen-bond acceptors (Lipinski definition) is 2. The Kier molecular flexibility index (Phi) is 4.15. The van der Waals surface area contributed by atoms with Gasteiger partial charge in [-0.3, -0.25) is 0 Å². The topological polar surface area (TPSA) is 22.9 Å². The maximum absolute atomic E-state index is 7.47. The molecule has 0 atom stereocenters. The number of ether oxygens (including phenoxy) is 2. The van der Waals surface area contributed by atoms with Crippen LogP contribution in [-0.4, -0.2) is 11.1 Å². The molecule has 236 valence electrons. The van der Waals surface area contributed by atoms with Gasteiger partial charge in [-0.25, -0.2) is 0 Å². The Morgan fingerprint density at radius 3 is 1.86 bits per heavy atom. The third-order valence-corrected chi connectivity index (χ3v) is 15.0. The lowest BCUT2D eigenvalue weighted by molar-refractivity contribution is 0.344. The van der Waals surface area contributed by atoms with E-state index in [2.05, 4.69) is 78.9 Å². The van der Waals surface area contributed by atoms with Gasteiger partial charge in [-0.2, -0.15) is 0 Å². The van der Waals surface area contributed by atoms with E-state index in [0.29, 0.717) is 23.7 Å². The lowest BCUT2D eigenvalue weighted by Gasteiger charge is -2.52. The fraction of sp³-hybridized carbons (Fsp3) is 0.333. The number of hydrogen-bond donors (Lipinski definition) is 0. The van der Waals surface area contributed by atoms with Gasteiger partial charge in [0.15, 0.2) is 0 Å². The van der Waals surface area contributed by atoms with Crippen molar-refractivity contribution in [3.63, 3.8) is 0 Å². The molecular formula is C45H36BNO2. The molecule has 3 nitrogen and oxygen atoms in total. The van der Waals surface area contributed by atoms with Crippen LogP contribution in [0.3, 0.4) is 0 Å². The van der Waals surface area contributed by atoms with Gasteiger partial charge in [0.1, 0.15) is 23.0 Å². The van der Waals surface area contributed by atoms with Gasteiger partial charge in [-0.1, -0.05) is 50.2 Å². The van der Waals surface area contributed by atoms with Crippen molar-refractivity contribution in [1.29, 1.82) is 0 Å². The van der Waals surface area contributed by atoms with Crippen LogP contribution in [0.1, 0.15) is 122 Å². The average Bonchev–Trinajstić information content (AvgIpc) is 3.66. The molecule has 5 heterocycles. The van der Waals surface area contributed by atoms with Gasteiger partial charge in [-0.05, 0) is 138 Å². The van der Waals surface area contributed by atoms with Crippen molar-refractivity contribution in [2.24, 2.45) is 0 Å². The monoisotopic (exact) mass is 633 g/mol. The first kappa shape index (κ1) is 25.5. The SMILES string of the molecule is CC1(C)c2c3c(cc4c2C2CCC4CC2)Oc2cc4c(c5c2B3c2c(cc3c(c21)C1CCC3CC1)O5)c1cccc2c3ccccc3n4c21. The predicted molar refractivity (Wildman–Crippen MR) is 199 cm³/mol. The number of nitrogens with zero attached hydrogens (tertiary/aromatic N) is 1.